The molecule has 0 saturated heterocycles. The highest BCUT2D eigenvalue weighted by Crippen LogP contribution is 2.17. The lowest BCUT2D eigenvalue weighted by molar-refractivity contribution is 0.101. The van der Waals surface area contributed by atoms with Gasteiger partial charge in [0.1, 0.15) is 18.0 Å². The van der Waals surface area contributed by atoms with E-state index in [0.717, 1.165) is 11.5 Å². The monoisotopic (exact) mass is 318 g/mol. The molecule has 2 N–H and O–H groups in total. The molecule has 0 saturated carbocycles. The summed E-state index contributed by atoms with van der Waals surface area (Å²) in [6.07, 6.45) is 1.51. The van der Waals surface area contributed by atoms with E-state index in [9.17, 15) is 4.79 Å². The number of aromatic nitrogens is 2. The number of benzene rings is 2. The molecular formula is C19H18N4O. The Morgan fingerprint density at radius 3 is 2.38 bits per heavy atom. The van der Waals surface area contributed by atoms with Crippen molar-refractivity contribution in [3.8, 4) is 0 Å². The molecule has 1 aromatic heterocycles. The Morgan fingerprint density at radius 1 is 0.958 bits per heavy atom. The van der Waals surface area contributed by atoms with E-state index in [-0.39, 0.29) is 5.78 Å². The summed E-state index contributed by atoms with van der Waals surface area (Å²) in [4.78, 5) is 19.7. The number of rotatable bonds is 6. The molecule has 1 heterocycles. The molecule has 0 amide bonds. The summed E-state index contributed by atoms with van der Waals surface area (Å²) >= 11 is 0. The van der Waals surface area contributed by atoms with Crippen molar-refractivity contribution in [1.82, 2.24) is 9.97 Å². The summed E-state index contributed by atoms with van der Waals surface area (Å²) in [6, 6.07) is 19.3. The highest BCUT2D eigenvalue weighted by molar-refractivity contribution is 5.94. The number of hydrogen-bond donors (Lipinski definition) is 2. The van der Waals surface area contributed by atoms with Crippen LogP contribution in [0.2, 0.25) is 0 Å². The fourth-order valence-electron chi connectivity index (χ4n) is 2.25. The van der Waals surface area contributed by atoms with Crippen LogP contribution in [0.3, 0.4) is 0 Å². The van der Waals surface area contributed by atoms with E-state index in [1.807, 2.05) is 36.4 Å². The molecule has 0 aliphatic carbocycles. The molecule has 5 heteroatoms. The third-order valence-corrected chi connectivity index (χ3v) is 3.55. The highest BCUT2D eigenvalue weighted by Gasteiger charge is 2.02. The van der Waals surface area contributed by atoms with Crippen molar-refractivity contribution in [3.63, 3.8) is 0 Å². The van der Waals surface area contributed by atoms with Gasteiger partial charge in [0.15, 0.2) is 5.78 Å². The zero-order valence-electron chi connectivity index (χ0n) is 13.4. The Hall–Kier alpha value is -3.21. The van der Waals surface area contributed by atoms with Crippen LogP contribution in [0.5, 0.6) is 0 Å². The SMILES string of the molecule is CC(=O)c1ccc(Nc2cc(NCc3ccccc3)ncn2)cc1. The number of carbonyl (C=O) groups is 1. The maximum atomic E-state index is 11.3. The number of carbonyl (C=O) groups excluding carboxylic acids is 1. The van der Waals surface area contributed by atoms with Gasteiger partial charge in [-0.05, 0) is 36.8 Å². The molecule has 0 atom stereocenters. The average Bonchev–Trinajstić information content (AvgIpc) is 2.62. The maximum absolute atomic E-state index is 11.3. The van der Waals surface area contributed by atoms with Crippen LogP contribution in [-0.2, 0) is 6.54 Å². The maximum Gasteiger partial charge on any atom is 0.159 e. The normalized spacial score (nSPS) is 10.2. The van der Waals surface area contributed by atoms with Gasteiger partial charge in [0, 0.05) is 23.9 Å². The van der Waals surface area contributed by atoms with E-state index >= 15 is 0 Å². The average molecular weight is 318 g/mol. The number of anilines is 3. The lowest BCUT2D eigenvalue weighted by atomic mass is 10.1. The minimum Gasteiger partial charge on any atom is -0.366 e. The van der Waals surface area contributed by atoms with E-state index in [1.54, 1.807) is 19.1 Å². The van der Waals surface area contributed by atoms with E-state index in [0.29, 0.717) is 17.9 Å². The van der Waals surface area contributed by atoms with E-state index in [1.165, 1.54) is 11.9 Å². The summed E-state index contributed by atoms with van der Waals surface area (Å²) in [5.41, 5.74) is 2.74. The number of nitrogens with zero attached hydrogens (tertiary/aromatic N) is 2. The molecule has 24 heavy (non-hydrogen) atoms. The fourth-order valence-corrected chi connectivity index (χ4v) is 2.25. The lowest BCUT2D eigenvalue weighted by Gasteiger charge is -2.09. The lowest BCUT2D eigenvalue weighted by Crippen LogP contribution is -2.03. The predicted molar refractivity (Wildman–Crippen MR) is 95.5 cm³/mol. The van der Waals surface area contributed by atoms with Crippen molar-refractivity contribution in [2.24, 2.45) is 0 Å². The van der Waals surface area contributed by atoms with Gasteiger partial charge >= 0.3 is 0 Å². The number of nitrogens with one attached hydrogen (secondary N) is 2. The number of hydrogen-bond acceptors (Lipinski definition) is 5. The third-order valence-electron chi connectivity index (χ3n) is 3.55. The molecule has 0 radical (unpaired) electrons. The largest absolute Gasteiger partial charge is 0.366 e. The summed E-state index contributed by atoms with van der Waals surface area (Å²) < 4.78 is 0. The smallest absolute Gasteiger partial charge is 0.159 e. The molecule has 5 nitrogen and oxygen atoms in total. The minimum atomic E-state index is 0.0518. The second-order valence-electron chi connectivity index (χ2n) is 5.39. The summed E-state index contributed by atoms with van der Waals surface area (Å²) in [5, 5.41) is 6.48. The Labute approximate surface area is 140 Å². The van der Waals surface area contributed by atoms with Gasteiger partial charge in [-0.1, -0.05) is 30.3 Å². The predicted octanol–water partition coefficient (Wildman–Crippen LogP) is 4.03. The quantitative estimate of drug-likeness (QED) is 0.672. The van der Waals surface area contributed by atoms with Crippen LogP contribution in [-0.4, -0.2) is 15.8 Å². The molecule has 0 unspecified atom stereocenters. The first-order chi connectivity index (χ1) is 11.7. The van der Waals surface area contributed by atoms with Gasteiger partial charge in [-0.2, -0.15) is 0 Å². The number of ketones is 1. The van der Waals surface area contributed by atoms with Gasteiger partial charge in [0.05, 0.1) is 0 Å². The first-order valence-electron chi connectivity index (χ1n) is 7.68. The molecule has 2 aromatic carbocycles. The molecule has 0 bridgehead atoms. The summed E-state index contributed by atoms with van der Waals surface area (Å²) in [6.45, 7) is 2.25. The first-order valence-corrected chi connectivity index (χ1v) is 7.68. The van der Waals surface area contributed by atoms with Gasteiger partial charge in [0.2, 0.25) is 0 Å². The van der Waals surface area contributed by atoms with Gasteiger partial charge in [-0.3, -0.25) is 4.79 Å². The summed E-state index contributed by atoms with van der Waals surface area (Å²) in [7, 11) is 0. The molecule has 120 valence electrons. The Balaban J connectivity index is 1.65. The molecule has 0 aliphatic rings. The van der Waals surface area contributed by atoms with Gasteiger partial charge < -0.3 is 10.6 Å². The number of Topliss-reactive ketones (excluding diaryl/α,β-unsaturated/α-hetero) is 1. The third kappa shape index (κ3) is 4.16. The summed E-state index contributed by atoms with van der Waals surface area (Å²) in [5.74, 6) is 1.49. The zero-order valence-corrected chi connectivity index (χ0v) is 13.4. The van der Waals surface area contributed by atoms with Crippen molar-refractivity contribution >= 4 is 23.1 Å². The van der Waals surface area contributed by atoms with Crippen LogP contribution in [0.15, 0.2) is 67.0 Å². The van der Waals surface area contributed by atoms with Crippen LogP contribution >= 0.6 is 0 Å². The van der Waals surface area contributed by atoms with Gasteiger partial charge in [-0.25, -0.2) is 9.97 Å². The van der Waals surface area contributed by atoms with Crippen molar-refractivity contribution in [1.29, 1.82) is 0 Å². The highest BCUT2D eigenvalue weighted by atomic mass is 16.1. The molecule has 0 fully saturated rings. The van der Waals surface area contributed by atoms with Gasteiger partial charge in [-0.15, -0.1) is 0 Å². The van der Waals surface area contributed by atoms with Crippen LogP contribution in [0.4, 0.5) is 17.3 Å². The van der Waals surface area contributed by atoms with Crippen molar-refractivity contribution in [3.05, 3.63) is 78.1 Å². The molecule has 3 aromatic rings. The Kier molecular flexibility index (Phi) is 4.81. The Morgan fingerprint density at radius 2 is 1.67 bits per heavy atom. The van der Waals surface area contributed by atoms with Gasteiger partial charge in [0.25, 0.3) is 0 Å². The van der Waals surface area contributed by atoms with Crippen LogP contribution in [0.1, 0.15) is 22.8 Å². The topological polar surface area (TPSA) is 66.9 Å². The fraction of sp³-hybridized carbons (Fsp3) is 0.105. The van der Waals surface area contributed by atoms with Crippen molar-refractivity contribution in [2.75, 3.05) is 10.6 Å². The molecule has 0 spiro atoms. The van der Waals surface area contributed by atoms with Crippen molar-refractivity contribution < 1.29 is 4.79 Å². The van der Waals surface area contributed by atoms with Crippen LogP contribution in [0.25, 0.3) is 0 Å². The van der Waals surface area contributed by atoms with Crippen LogP contribution in [0, 0.1) is 0 Å². The second-order valence-corrected chi connectivity index (χ2v) is 5.39. The van der Waals surface area contributed by atoms with E-state index in [2.05, 4.69) is 32.7 Å². The minimum absolute atomic E-state index is 0.0518. The second kappa shape index (κ2) is 7.37. The molecule has 0 aliphatic heterocycles. The zero-order chi connectivity index (χ0) is 16.8. The molecular weight excluding hydrogens is 300 g/mol. The van der Waals surface area contributed by atoms with Crippen molar-refractivity contribution in [2.45, 2.75) is 13.5 Å². The first kappa shape index (κ1) is 15.7. The van der Waals surface area contributed by atoms with E-state index < -0.39 is 0 Å². The molecule has 3 rings (SSSR count). The van der Waals surface area contributed by atoms with E-state index in [4.69, 9.17) is 0 Å². The standard InChI is InChI=1S/C19H18N4O/c1-14(24)16-7-9-17(10-8-16)23-19-11-18(21-13-22-19)20-12-15-5-3-2-4-6-15/h2-11,13H,12H2,1H3,(H2,20,21,22,23). The Bertz CT molecular complexity index is 816. The van der Waals surface area contributed by atoms with Crippen LogP contribution < -0.4 is 10.6 Å².